The summed E-state index contributed by atoms with van der Waals surface area (Å²) in [5.41, 5.74) is 0.499. The van der Waals surface area contributed by atoms with E-state index >= 15 is 0 Å². The van der Waals surface area contributed by atoms with Crippen LogP contribution in [0, 0.1) is 5.92 Å². The van der Waals surface area contributed by atoms with E-state index in [1.54, 1.807) is 17.2 Å². The first-order valence-corrected chi connectivity index (χ1v) is 8.32. The van der Waals surface area contributed by atoms with Crippen molar-refractivity contribution < 1.29 is 19.4 Å². The highest BCUT2D eigenvalue weighted by Crippen LogP contribution is 2.21. The summed E-state index contributed by atoms with van der Waals surface area (Å²) in [6, 6.07) is 3.62. The first-order valence-electron chi connectivity index (χ1n) is 8.32. The lowest BCUT2D eigenvalue weighted by molar-refractivity contribution is -0.141. The van der Waals surface area contributed by atoms with Gasteiger partial charge in [-0.15, -0.1) is 0 Å². The molecule has 0 aromatic carbocycles. The van der Waals surface area contributed by atoms with Crippen LogP contribution < -0.4 is 4.90 Å². The highest BCUT2D eigenvalue weighted by Gasteiger charge is 2.31. The van der Waals surface area contributed by atoms with E-state index in [9.17, 15) is 9.59 Å². The van der Waals surface area contributed by atoms with Gasteiger partial charge in [0.1, 0.15) is 5.82 Å². The minimum Gasteiger partial charge on any atom is -0.481 e. The Morgan fingerprint density at radius 3 is 2.46 bits per heavy atom. The van der Waals surface area contributed by atoms with Crippen LogP contribution in [0.5, 0.6) is 0 Å². The summed E-state index contributed by atoms with van der Waals surface area (Å²) >= 11 is 0. The zero-order chi connectivity index (χ0) is 17.3. The third-order valence-corrected chi connectivity index (χ3v) is 4.56. The minimum atomic E-state index is -0.839. The van der Waals surface area contributed by atoms with Gasteiger partial charge < -0.3 is 19.6 Å². The van der Waals surface area contributed by atoms with Crippen LogP contribution in [0.1, 0.15) is 30.6 Å². The summed E-state index contributed by atoms with van der Waals surface area (Å²) < 4.78 is 5.72. The van der Waals surface area contributed by atoms with E-state index in [1.807, 2.05) is 19.9 Å². The molecule has 0 saturated carbocycles. The molecule has 1 aromatic rings. The van der Waals surface area contributed by atoms with Crippen molar-refractivity contribution in [3.63, 3.8) is 0 Å². The lowest BCUT2D eigenvalue weighted by Gasteiger charge is -2.36. The van der Waals surface area contributed by atoms with E-state index < -0.39 is 11.9 Å². The van der Waals surface area contributed by atoms with Gasteiger partial charge in [0, 0.05) is 32.4 Å². The van der Waals surface area contributed by atoms with Gasteiger partial charge in [-0.05, 0) is 32.4 Å². The van der Waals surface area contributed by atoms with Gasteiger partial charge in [0.15, 0.2) is 0 Å². The van der Waals surface area contributed by atoms with Gasteiger partial charge in [-0.2, -0.15) is 0 Å². The monoisotopic (exact) mass is 333 g/mol. The van der Waals surface area contributed by atoms with Crippen molar-refractivity contribution in [1.29, 1.82) is 0 Å². The molecule has 0 aliphatic carbocycles. The van der Waals surface area contributed by atoms with Crippen molar-refractivity contribution in [2.24, 2.45) is 5.92 Å². The highest BCUT2D eigenvalue weighted by atomic mass is 16.5. The second-order valence-electron chi connectivity index (χ2n) is 6.64. The second kappa shape index (κ2) is 6.76. The minimum absolute atomic E-state index is 0.148. The van der Waals surface area contributed by atoms with E-state index in [0.717, 1.165) is 18.9 Å². The summed E-state index contributed by atoms with van der Waals surface area (Å²) in [6.07, 6.45) is 2.39. The number of carbonyl (C=O) groups excluding carboxylic acids is 1. The van der Waals surface area contributed by atoms with Gasteiger partial charge >= 0.3 is 5.97 Å². The van der Waals surface area contributed by atoms with E-state index in [4.69, 9.17) is 9.84 Å². The maximum absolute atomic E-state index is 12.5. The zero-order valence-corrected chi connectivity index (χ0v) is 14.0. The Labute approximate surface area is 141 Å². The van der Waals surface area contributed by atoms with Crippen LogP contribution in [0.25, 0.3) is 0 Å². The SMILES string of the molecule is CC1CN(c2ccc(C(=O)N3CCC(C(=O)O)C3)cn2)CC(C)O1. The summed E-state index contributed by atoms with van der Waals surface area (Å²) in [5.74, 6) is -0.619. The molecule has 130 valence electrons. The Morgan fingerprint density at radius 2 is 1.92 bits per heavy atom. The molecule has 0 bridgehead atoms. The summed E-state index contributed by atoms with van der Waals surface area (Å²) in [6.45, 7) is 6.37. The van der Waals surface area contributed by atoms with Crippen LogP contribution in [-0.4, -0.2) is 65.3 Å². The van der Waals surface area contributed by atoms with Crippen LogP contribution in [0.2, 0.25) is 0 Å². The number of aromatic nitrogens is 1. The Hall–Kier alpha value is -2.15. The highest BCUT2D eigenvalue weighted by molar-refractivity contribution is 5.94. The first-order chi connectivity index (χ1) is 11.4. The molecule has 1 N–H and O–H groups in total. The number of likely N-dealkylation sites (tertiary alicyclic amines) is 1. The molecule has 0 spiro atoms. The predicted molar refractivity (Wildman–Crippen MR) is 88.1 cm³/mol. The molecule has 7 heteroatoms. The number of carbonyl (C=O) groups is 2. The van der Waals surface area contributed by atoms with Gasteiger partial charge in [0.25, 0.3) is 5.91 Å². The zero-order valence-electron chi connectivity index (χ0n) is 14.0. The number of aliphatic carboxylic acids is 1. The van der Waals surface area contributed by atoms with Crippen molar-refractivity contribution in [3.8, 4) is 0 Å². The van der Waals surface area contributed by atoms with Gasteiger partial charge in [-0.1, -0.05) is 0 Å². The number of ether oxygens (including phenoxy) is 1. The molecular formula is C17H23N3O4. The molecule has 3 heterocycles. The fraction of sp³-hybridized carbons (Fsp3) is 0.588. The third-order valence-electron chi connectivity index (χ3n) is 4.56. The smallest absolute Gasteiger partial charge is 0.308 e. The molecule has 3 unspecified atom stereocenters. The molecule has 3 rings (SSSR count). The van der Waals surface area contributed by atoms with Gasteiger partial charge in [0.05, 0.1) is 23.7 Å². The standard InChI is InChI=1S/C17H23N3O4/c1-11-8-20(9-12(2)24-11)15-4-3-13(7-18-15)16(21)19-6-5-14(10-19)17(22)23/h3-4,7,11-12,14H,5-6,8-10H2,1-2H3,(H,22,23). The molecule has 1 aromatic heterocycles. The average Bonchev–Trinajstić information content (AvgIpc) is 3.03. The van der Waals surface area contributed by atoms with Crippen LogP contribution in [0.15, 0.2) is 18.3 Å². The van der Waals surface area contributed by atoms with Crippen molar-refractivity contribution >= 4 is 17.7 Å². The molecule has 24 heavy (non-hydrogen) atoms. The third kappa shape index (κ3) is 3.51. The molecule has 2 aliphatic heterocycles. The molecular weight excluding hydrogens is 310 g/mol. The fourth-order valence-electron chi connectivity index (χ4n) is 3.39. The number of hydrogen-bond acceptors (Lipinski definition) is 5. The van der Waals surface area contributed by atoms with Gasteiger partial charge in [-0.3, -0.25) is 9.59 Å². The van der Waals surface area contributed by atoms with Crippen molar-refractivity contribution in [2.45, 2.75) is 32.5 Å². The second-order valence-corrected chi connectivity index (χ2v) is 6.64. The van der Waals surface area contributed by atoms with E-state index in [1.165, 1.54) is 0 Å². The molecule has 2 saturated heterocycles. The molecule has 7 nitrogen and oxygen atoms in total. The van der Waals surface area contributed by atoms with Crippen LogP contribution in [-0.2, 0) is 9.53 Å². The number of anilines is 1. The fourth-order valence-corrected chi connectivity index (χ4v) is 3.39. The predicted octanol–water partition coefficient (Wildman–Crippen LogP) is 1.24. The molecule has 1 amide bonds. The lowest BCUT2D eigenvalue weighted by Crippen LogP contribution is -2.45. The number of morpholine rings is 1. The van der Waals surface area contributed by atoms with E-state index in [0.29, 0.717) is 18.5 Å². The maximum Gasteiger partial charge on any atom is 0.308 e. The Bertz CT molecular complexity index is 609. The first kappa shape index (κ1) is 16.7. The van der Waals surface area contributed by atoms with Crippen LogP contribution in [0.3, 0.4) is 0 Å². The number of carboxylic acids is 1. The number of rotatable bonds is 3. The molecule has 2 fully saturated rings. The maximum atomic E-state index is 12.5. The number of amides is 1. The van der Waals surface area contributed by atoms with E-state index in [2.05, 4.69) is 9.88 Å². The number of carboxylic acid groups (broad SMARTS) is 1. The Balaban J connectivity index is 1.66. The quantitative estimate of drug-likeness (QED) is 0.896. The van der Waals surface area contributed by atoms with Crippen molar-refractivity contribution in [3.05, 3.63) is 23.9 Å². The van der Waals surface area contributed by atoms with Gasteiger partial charge in [-0.25, -0.2) is 4.98 Å². The van der Waals surface area contributed by atoms with Gasteiger partial charge in [0.2, 0.25) is 0 Å². The lowest BCUT2D eigenvalue weighted by atomic mass is 10.1. The number of hydrogen-bond donors (Lipinski definition) is 1. The van der Waals surface area contributed by atoms with Crippen LogP contribution in [0.4, 0.5) is 5.82 Å². The Morgan fingerprint density at radius 1 is 1.21 bits per heavy atom. The summed E-state index contributed by atoms with van der Waals surface area (Å²) in [7, 11) is 0. The van der Waals surface area contributed by atoms with Crippen molar-refractivity contribution in [1.82, 2.24) is 9.88 Å². The average molecular weight is 333 g/mol. The van der Waals surface area contributed by atoms with E-state index in [-0.39, 0.29) is 24.7 Å². The summed E-state index contributed by atoms with van der Waals surface area (Å²) in [4.78, 5) is 31.7. The number of pyridine rings is 1. The molecule has 2 aliphatic rings. The normalized spacial score (nSPS) is 27.3. The largest absolute Gasteiger partial charge is 0.481 e. The number of nitrogens with zero attached hydrogens (tertiary/aromatic N) is 3. The summed E-state index contributed by atoms with van der Waals surface area (Å²) in [5, 5.41) is 9.04. The molecule has 0 radical (unpaired) electrons. The molecule has 3 atom stereocenters. The Kier molecular flexibility index (Phi) is 4.71. The van der Waals surface area contributed by atoms with Crippen LogP contribution >= 0.6 is 0 Å². The van der Waals surface area contributed by atoms with Crippen molar-refractivity contribution in [2.75, 3.05) is 31.1 Å². The topological polar surface area (TPSA) is 83.0 Å².